The topological polar surface area (TPSA) is 78.5 Å². The number of anilines is 2. The van der Waals surface area contributed by atoms with E-state index in [4.69, 9.17) is 0 Å². The second-order valence-electron chi connectivity index (χ2n) is 9.31. The molecule has 1 aliphatic carbocycles. The number of hydrogen-bond acceptors (Lipinski definition) is 4. The first-order valence-electron chi connectivity index (χ1n) is 12.3. The lowest BCUT2D eigenvalue weighted by molar-refractivity contribution is -0.123. The van der Waals surface area contributed by atoms with Crippen molar-refractivity contribution in [2.75, 3.05) is 16.0 Å². The third-order valence-corrected chi connectivity index (χ3v) is 8.08. The van der Waals surface area contributed by atoms with E-state index in [2.05, 4.69) is 10.6 Å². The van der Waals surface area contributed by atoms with Crippen LogP contribution < -0.4 is 15.5 Å². The van der Waals surface area contributed by atoms with E-state index in [1.807, 2.05) is 66.7 Å². The van der Waals surface area contributed by atoms with Crippen molar-refractivity contribution >= 4 is 40.9 Å². The predicted octanol–water partition coefficient (Wildman–Crippen LogP) is 5.54. The van der Waals surface area contributed by atoms with E-state index in [-0.39, 0.29) is 23.1 Å². The number of benzene rings is 3. The monoisotopic (exact) mass is 499 g/mol. The predicted molar refractivity (Wildman–Crippen MR) is 144 cm³/mol. The first kappa shape index (κ1) is 24.1. The van der Waals surface area contributed by atoms with Crippen LogP contribution in [0.15, 0.2) is 84.9 Å². The minimum absolute atomic E-state index is 0.0115. The Morgan fingerprint density at radius 2 is 1.56 bits per heavy atom. The molecule has 36 heavy (non-hydrogen) atoms. The van der Waals surface area contributed by atoms with Gasteiger partial charge in [0.05, 0.1) is 5.75 Å². The van der Waals surface area contributed by atoms with Gasteiger partial charge in [-0.3, -0.25) is 19.3 Å². The van der Waals surface area contributed by atoms with E-state index in [1.165, 1.54) is 0 Å². The molecule has 0 radical (unpaired) electrons. The number of rotatable bonds is 6. The molecule has 7 heteroatoms. The number of carbonyl (C=O) groups is 3. The van der Waals surface area contributed by atoms with Gasteiger partial charge in [0, 0.05) is 16.9 Å². The first-order valence-corrected chi connectivity index (χ1v) is 13.4. The van der Waals surface area contributed by atoms with Crippen LogP contribution in [0.1, 0.15) is 53.4 Å². The number of nitrogens with one attached hydrogen (secondary N) is 2. The average molecular weight is 500 g/mol. The van der Waals surface area contributed by atoms with Crippen LogP contribution in [-0.4, -0.2) is 29.0 Å². The van der Waals surface area contributed by atoms with Gasteiger partial charge >= 0.3 is 0 Å². The van der Waals surface area contributed by atoms with E-state index >= 15 is 0 Å². The van der Waals surface area contributed by atoms with Crippen molar-refractivity contribution in [3.8, 4) is 0 Å². The molecule has 3 amide bonds. The molecule has 2 aliphatic rings. The third kappa shape index (κ3) is 5.02. The largest absolute Gasteiger partial charge is 0.338 e. The third-order valence-electron chi connectivity index (χ3n) is 6.87. The van der Waals surface area contributed by atoms with Crippen molar-refractivity contribution in [3.63, 3.8) is 0 Å². The van der Waals surface area contributed by atoms with E-state index in [9.17, 15) is 14.4 Å². The Morgan fingerprint density at radius 1 is 0.861 bits per heavy atom. The second-order valence-corrected chi connectivity index (χ2v) is 10.4. The summed E-state index contributed by atoms with van der Waals surface area (Å²) in [5.41, 5.74) is 1.90. The number of carbonyl (C=O) groups excluding carboxylic acids is 3. The fourth-order valence-corrected chi connectivity index (χ4v) is 6.17. The highest BCUT2D eigenvalue weighted by Gasteiger charge is 2.41. The molecule has 0 spiro atoms. The summed E-state index contributed by atoms with van der Waals surface area (Å²) in [4.78, 5) is 41.5. The Hall–Kier alpha value is -3.58. The molecule has 2 N–H and O–H groups in total. The molecule has 3 aromatic rings. The lowest BCUT2D eigenvalue weighted by atomic mass is 9.80. The summed E-state index contributed by atoms with van der Waals surface area (Å²) in [6.45, 7) is 0. The molecular weight excluding hydrogens is 470 g/mol. The van der Waals surface area contributed by atoms with Gasteiger partial charge in [0.25, 0.3) is 5.91 Å². The van der Waals surface area contributed by atoms with Gasteiger partial charge in [0.15, 0.2) is 0 Å². The Morgan fingerprint density at radius 3 is 2.28 bits per heavy atom. The first-order chi connectivity index (χ1) is 17.6. The molecule has 5 rings (SSSR count). The Balaban J connectivity index is 1.38. The minimum atomic E-state index is -0.965. The second kappa shape index (κ2) is 10.6. The van der Waals surface area contributed by atoms with E-state index < -0.39 is 5.54 Å². The number of amides is 3. The van der Waals surface area contributed by atoms with Crippen molar-refractivity contribution in [2.45, 2.75) is 43.0 Å². The molecule has 3 aromatic carbocycles. The van der Waals surface area contributed by atoms with Gasteiger partial charge in [-0.25, -0.2) is 0 Å². The van der Waals surface area contributed by atoms with Gasteiger partial charge in [0.1, 0.15) is 10.9 Å². The van der Waals surface area contributed by atoms with Crippen LogP contribution >= 0.6 is 11.8 Å². The van der Waals surface area contributed by atoms with Crippen LogP contribution in [0.5, 0.6) is 0 Å². The number of hydrogen-bond donors (Lipinski definition) is 2. The van der Waals surface area contributed by atoms with Gasteiger partial charge in [-0.15, -0.1) is 11.8 Å². The van der Waals surface area contributed by atoms with Gasteiger partial charge in [0.2, 0.25) is 11.8 Å². The highest BCUT2D eigenvalue weighted by molar-refractivity contribution is 8.00. The fourth-order valence-electron chi connectivity index (χ4n) is 4.99. The van der Waals surface area contributed by atoms with Crippen LogP contribution in [0.3, 0.4) is 0 Å². The number of thioether (sulfide) groups is 1. The van der Waals surface area contributed by atoms with Crippen LogP contribution in [-0.2, 0) is 9.59 Å². The summed E-state index contributed by atoms with van der Waals surface area (Å²) in [5.74, 6) is -0.0956. The average Bonchev–Trinajstić information content (AvgIpc) is 3.31. The molecule has 1 saturated heterocycles. The molecule has 1 heterocycles. The standard InChI is InChI=1S/C29H29N3O3S/c33-25-20-36-27(21-11-4-1-5-12-21)32(25)24-16-10-13-22(19-24)26(34)31-29(17-8-3-9-18-29)28(35)30-23-14-6-2-7-15-23/h1-2,4-7,10-16,19,27H,3,8-9,17-18,20H2,(H,30,35)(H,31,34). The lowest BCUT2D eigenvalue weighted by Crippen LogP contribution is -2.57. The minimum Gasteiger partial charge on any atom is -0.338 e. The maximum atomic E-state index is 13.5. The van der Waals surface area contributed by atoms with Crippen LogP contribution in [0.25, 0.3) is 0 Å². The molecule has 2 fully saturated rings. The maximum Gasteiger partial charge on any atom is 0.252 e. The Kier molecular flexibility index (Phi) is 7.09. The molecule has 1 aliphatic heterocycles. The Bertz CT molecular complexity index is 1240. The molecule has 1 unspecified atom stereocenters. The molecule has 6 nitrogen and oxygen atoms in total. The molecule has 0 bridgehead atoms. The van der Waals surface area contributed by atoms with Crippen LogP contribution in [0.4, 0.5) is 11.4 Å². The molecular formula is C29H29N3O3S. The van der Waals surface area contributed by atoms with E-state index in [1.54, 1.807) is 34.9 Å². The van der Waals surface area contributed by atoms with Crippen molar-refractivity contribution in [1.29, 1.82) is 0 Å². The van der Waals surface area contributed by atoms with Gasteiger partial charge in [-0.05, 0) is 48.7 Å². The smallest absolute Gasteiger partial charge is 0.252 e. The fraction of sp³-hybridized carbons (Fsp3) is 0.276. The number of nitrogens with zero attached hydrogens (tertiary/aromatic N) is 1. The normalized spacial score (nSPS) is 19.1. The summed E-state index contributed by atoms with van der Waals surface area (Å²) in [5, 5.41) is 5.93. The van der Waals surface area contributed by atoms with E-state index in [0.29, 0.717) is 35.5 Å². The van der Waals surface area contributed by atoms with Crippen LogP contribution in [0, 0.1) is 0 Å². The summed E-state index contributed by atoms with van der Waals surface area (Å²) in [7, 11) is 0. The summed E-state index contributed by atoms with van der Waals surface area (Å²) < 4.78 is 0. The number of para-hydroxylation sites is 1. The van der Waals surface area contributed by atoms with Crippen LogP contribution in [0.2, 0.25) is 0 Å². The zero-order chi connectivity index (χ0) is 25.0. The van der Waals surface area contributed by atoms with Crippen molar-refractivity contribution in [3.05, 3.63) is 96.1 Å². The van der Waals surface area contributed by atoms with Gasteiger partial charge < -0.3 is 10.6 Å². The molecule has 184 valence electrons. The summed E-state index contributed by atoms with van der Waals surface area (Å²) in [6, 6.07) is 26.4. The van der Waals surface area contributed by atoms with Gasteiger partial charge in [-0.1, -0.05) is 73.9 Å². The molecule has 1 atom stereocenters. The SMILES string of the molecule is O=C(NC1(C(=O)Nc2ccccc2)CCCCC1)c1cccc(N2C(=O)CSC2c2ccccc2)c1. The van der Waals surface area contributed by atoms with Crippen molar-refractivity contribution < 1.29 is 14.4 Å². The van der Waals surface area contributed by atoms with E-state index in [0.717, 1.165) is 24.8 Å². The quantitative estimate of drug-likeness (QED) is 0.467. The highest BCUT2D eigenvalue weighted by Crippen LogP contribution is 2.41. The molecule has 1 saturated carbocycles. The van der Waals surface area contributed by atoms with Crippen molar-refractivity contribution in [1.82, 2.24) is 5.32 Å². The zero-order valence-electron chi connectivity index (χ0n) is 20.0. The Labute approximate surface area is 215 Å². The van der Waals surface area contributed by atoms with Gasteiger partial charge in [-0.2, -0.15) is 0 Å². The van der Waals surface area contributed by atoms with Crippen molar-refractivity contribution in [2.24, 2.45) is 0 Å². The maximum absolute atomic E-state index is 13.5. The lowest BCUT2D eigenvalue weighted by Gasteiger charge is -2.36. The highest BCUT2D eigenvalue weighted by atomic mass is 32.2. The molecule has 0 aromatic heterocycles. The summed E-state index contributed by atoms with van der Waals surface area (Å²) >= 11 is 1.58. The summed E-state index contributed by atoms with van der Waals surface area (Å²) in [6.07, 6.45) is 3.98. The zero-order valence-corrected chi connectivity index (χ0v) is 20.8.